The molecule has 39 heavy (non-hydrogen) atoms. The van der Waals surface area contributed by atoms with Crippen molar-refractivity contribution in [1.82, 2.24) is 4.57 Å². The third kappa shape index (κ3) is 4.62. The lowest BCUT2D eigenvalue weighted by molar-refractivity contribution is -0.522. The van der Waals surface area contributed by atoms with Crippen molar-refractivity contribution in [1.29, 1.82) is 0 Å². The molecule has 0 atom stereocenters. The first kappa shape index (κ1) is 27.3. The van der Waals surface area contributed by atoms with Crippen molar-refractivity contribution in [2.45, 2.75) is 86.0 Å². The molecule has 3 nitrogen and oxygen atoms in total. The average molecular weight is 519 g/mol. The molecule has 1 aliphatic heterocycles. The van der Waals surface area contributed by atoms with Crippen LogP contribution in [0.1, 0.15) is 107 Å². The highest BCUT2D eigenvalue weighted by molar-refractivity contribution is 6.70. The van der Waals surface area contributed by atoms with Crippen molar-refractivity contribution in [2.75, 3.05) is 5.23 Å². The van der Waals surface area contributed by atoms with Crippen molar-refractivity contribution in [2.24, 2.45) is 7.05 Å². The summed E-state index contributed by atoms with van der Waals surface area (Å²) in [6.07, 6.45) is 4.44. The number of aromatic nitrogens is 2. The van der Waals surface area contributed by atoms with E-state index in [2.05, 4.69) is 145 Å². The van der Waals surface area contributed by atoms with E-state index in [4.69, 9.17) is 0 Å². The molecule has 1 aromatic heterocycles. The number of nitrogens with one attached hydrogen (secondary N) is 1. The van der Waals surface area contributed by atoms with Gasteiger partial charge >= 0.3 is 6.98 Å². The van der Waals surface area contributed by atoms with Gasteiger partial charge in [0.15, 0.2) is 0 Å². The highest BCUT2D eigenvalue weighted by Crippen LogP contribution is 2.41. The lowest BCUT2D eigenvalue weighted by Gasteiger charge is -2.29. The summed E-state index contributed by atoms with van der Waals surface area (Å²) in [6, 6.07) is 18.6. The van der Waals surface area contributed by atoms with Gasteiger partial charge in [-0.3, -0.25) is 4.48 Å². The molecular formula is C35H45BN3+. The van der Waals surface area contributed by atoms with Crippen LogP contribution in [-0.2, 0) is 7.05 Å². The van der Waals surface area contributed by atoms with Gasteiger partial charge < -0.3 is 5.23 Å². The molecule has 0 aliphatic carbocycles. The van der Waals surface area contributed by atoms with Crippen LogP contribution < -0.4 is 15.2 Å². The average Bonchev–Trinajstić information content (AvgIpc) is 3.28. The van der Waals surface area contributed by atoms with Gasteiger partial charge in [-0.05, 0) is 75.6 Å². The Labute approximate surface area is 236 Å². The number of hydrogen-bond donors (Lipinski definition) is 1. The molecular weight excluding hydrogens is 473 g/mol. The summed E-state index contributed by atoms with van der Waals surface area (Å²) in [4.78, 5) is 0. The molecule has 0 fully saturated rings. The minimum Gasteiger partial charge on any atom is -0.383 e. The summed E-state index contributed by atoms with van der Waals surface area (Å²) in [5, 5.41) is 4.07. The second-order valence-electron chi connectivity index (χ2n) is 12.7. The van der Waals surface area contributed by atoms with Crippen LogP contribution in [-0.4, -0.2) is 11.5 Å². The topological polar surface area (TPSA) is 20.8 Å². The molecule has 0 spiro atoms. The zero-order chi connectivity index (χ0) is 28.2. The molecule has 3 aromatic carbocycles. The highest BCUT2D eigenvalue weighted by atomic mass is 15.2. The van der Waals surface area contributed by atoms with E-state index in [1.165, 1.54) is 61.5 Å². The van der Waals surface area contributed by atoms with Crippen LogP contribution in [0.5, 0.6) is 0 Å². The molecule has 0 bridgehead atoms. The van der Waals surface area contributed by atoms with Gasteiger partial charge in [0.2, 0.25) is 0 Å². The van der Waals surface area contributed by atoms with E-state index in [0.29, 0.717) is 23.7 Å². The molecule has 5 rings (SSSR count). The minimum absolute atomic E-state index is 0.0317. The van der Waals surface area contributed by atoms with Gasteiger partial charge in [-0.1, -0.05) is 97.9 Å². The van der Waals surface area contributed by atoms with Gasteiger partial charge in [-0.2, -0.15) is 0 Å². The molecule has 202 valence electrons. The molecule has 0 amide bonds. The van der Waals surface area contributed by atoms with Gasteiger partial charge in [-0.25, -0.2) is 4.57 Å². The van der Waals surface area contributed by atoms with Crippen LogP contribution in [0.4, 0.5) is 5.69 Å². The van der Waals surface area contributed by atoms with E-state index in [1.54, 1.807) is 0 Å². The van der Waals surface area contributed by atoms with Crippen LogP contribution in [0, 0.1) is 6.92 Å². The summed E-state index contributed by atoms with van der Waals surface area (Å²) in [5.74, 6) is 3.05. The summed E-state index contributed by atoms with van der Waals surface area (Å²) in [7, 11) is 2.17. The van der Waals surface area contributed by atoms with Crippen molar-refractivity contribution in [3.63, 3.8) is 0 Å². The number of imidazole rings is 1. The highest BCUT2D eigenvalue weighted by Gasteiger charge is 2.42. The van der Waals surface area contributed by atoms with E-state index in [1.807, 2.05) is 0 Å². The monoisotopic (exact) mass is 518 g/mol. The van der Waals surface area contributed by atoms with Crippen molar-refractivity contribution < 1.29 is 4.48 Å². The number of anilines is 1. The zero-order valence-corrected chi connectivity index (χ0v) is 25.6. The Morgan fingerprint density at radius 2 is 1.23 bits per heavy atom. The first-order valence-corrected chi connectivity index (χ1v) is 14.7. The van der Waals surface area contributed by atoms with E-state index >= 15 is 0 Å². The minimum atomic E-state index is 0.0317. The second kappa shape index (κ2) is 10.4. The fourth-order valence-corrected chi connectivity index (χ4v) is 6.59. The van der Waals surface area contributed by atoms with Crippen LogP contribution in [0.2, 0.25) is 0 Å². The maximum Gasteiger partial charge on any atom is 0.535 e. The third-order valence-corrected chi connectivity index (χ3v) is 8.51. The third-order valence-electron chi connectivity index (χ3n) is 8.51. The Morgan fingerprint density at radius 3 is 1.74 bits per heavy atom. The fourth-order valence-electron chi connectivity index (χ4n) is 6.59. The first-order chi connectivity index (χ1) is 18.5. The molecule has 4 aromatic rings. The molecule has 0 saturated heterocycles. The van der Waals surface area contributed by atoms with Crippen molar-refractivity contribution in [3.8, 4) is 22.5 Å². The molecule has 4 heteroatoms. The van der Waals surface area contributed by atoms with E-state index < -0.39 is 0 Å². The molecule has 0 radical (unpaired) electrons. The van der Waals surface area contributed by atoms with E-state index in [9.17, 15) is 0 Å². The van der Waals surface area contributed by atoms with Crippen LogP contribution >= 0.6 is 0 Å². The second-order valence-corrected chi connectivity index (χ2v) is 12.7. The Bertz CT molecular complexity index is 1470. The van der Waals surface area contributed by atoms with Gasteiger partial charge in [-0.15, -0.1) is 0 Å². The van der Waals surface area contributed by atoms with Crippen molar-refractivity contribution in [3.05, 3.63) is 88.7 Å². The summed E-state index contributed by atoms with van der Waals surface area (Å²) in [6.45, 7) is 20.8. The summed E-state index contributed by atoms with van der Waals surface area (Å²) >= 11 is 0. The maximum absolute atomic E-state index is 4.07. The molecule has 1 N–H and O–H groups in total. The zero-order valence-electron chi connectivity index (χ0n) is 25.6. The number of hydrogen-bond acceptors (Lipinski definition) is 1. The molecule has 0 unspecified atom stereocenters. The normalized spacial score (nSPS) is 12.9. The quantitative estimate of drug-likeness (QED) is 0.256. The summed E-state index contributed by atoms with van der Waals surface area (Å²) in [5.41, 5.74) is 13.6. The van der Waals surface area contributed by atoms with Crippen LogP contribution in [0.3, 0.4) is 0 Å². The number of benzene rings is 3. The van der Waals surface area contributed by atoms with Crippen LogP contribution in [0.15, 0.2) is 60.9 Å². The van der Waals surface area contributed by atoms with Crippen molar-refractivity contribution >= 4 is 18.1 Å². The van der Waals surface area contributed by atoms with E-state index in [-0.39, 0.29) is 6.98 Å². The summed E-state index contributed by atoms with van der Waals surface area (Å²) < 4.78 is 4.73. The standard InChI is InChI=1S/C35H44BN3/c1-21(2)27-13-11-14-28(22(3)4)33(27)26-19-25(9)32-31(20-26)37-36(39-18-17-38(10)35(32)39)34-29(23(5)6)15-12-16-30(34)24(7)8/h11-24H,1-10H3/p+1. The number of nitrogens with zero attached hydrogens (tertiary/aromatic N) is 2. The van der Waals surface area contributed by atoms with E-state index in [0.717, 1.165) is 0 Å². The lowest BCUT2D eigenvalue weighted by atomic mass is 9.59. The predicted molar refractivity (Wildman–Crippen MR) is 168 cm³/mol. The SMILES string of the molecule is Cc1cc(-c2c(C(C)C)cccc2C(C)C)cc2c1-c1n(C)cc[n+]1B(c1c(C(C)C)cccc1C(C)C)N2. The predicted octanol–water partition coefficient (Wildman–Crippen LogP) is 8.12. The largest absolute Gasteiger partial charge is 0.535 e. The van der Waals surface area contributed by atoms with Gasteiger partial charge in [0.05, 0.1) is 12.6 Å². The molecule has 2 heterocycles. The van der Waals surface area contributed by atoms with Gasteiger partial charge in [0.25, 0.3) is 5.82 Å². The Hall–Kier alpha value is -3.27. The lowest BCUT2D eigenvalue weighted by Crippen LogP contribution is -2.67. The molecule has 1 aliphatic rings. The Kier molecular flexibility index (Phi) is 7.26. The maximum atomic E-state index is 4.07. The number of aryl methyl sites for hydroxylation is 2. The Morgan fingerprint density at radius 1 is 0.718 bits per heavy atom. The first-order valence-electron chi connectivity index (χ1n) is 14.7. The van der Waals surface area contributed by atoms with Crippen LogP contribution in [0.25, 0.3) is 22.5 Å². The molecule has 0 saturated carbocycles. The fraction of sp³-hybridized carbons (Fsp3) is 0.400. The van der Waals surface area contributed by atoms with Gasteiger partial charge in [0, 0.05) is 11.2 Å². The van der Waals surface area contributed by atoms with Gasteiger partial charge in [0.1, 0.15) is 12.4 Å². The number of rotatable bonds is 6. The Balaban J connectivity index is 1.78. The number of fused-ring (bicyclic) bond motifs is 3. The smallest absolute Gasteiger partial charge is 0.383 e.